The summed E-state index contributed by atoms with van der Waals surface area (Å²) in [5.74, 6) is 2.09. The zero-order valence-corrected chi connectivity index (χ0v) is 12.1. The van der Waals surface area contributed by atoms with Crippen LogP contribution in [0.25, 0.3) is 0 Å². The van der Waals surface area contributed by atoms with E-state index in [9.17, 15) is 0 Å². The van der Waals surface area contributed by atoms with Crippen LogP contribution >= 0.6 is 11.6 Å². The molecule has 0 atom stereocenters. The van der Waals surface area contributed by atoms with Gasteiger partial charge in [0.2, 0.25) is 0 Å². The summed E-state index contributed by atoms with van der Waals surface area (Å²) in [5, 5.41) is 12.5. The van der Waals surface area contributed by atoms with Gasteiger partial charge < -0.3 is 0 Å². The summed E-state index contributed by atoms with van der Waals surface area (Å²) in [4.78, 5) is 4.28. The van der Waals surface area contributed by atoms with Crippen molar-refractivity contribution in [2.45, 2.75) is 39.8 Å². The molecule has 0 saturated heterocycles. The highest BCUT2D eigenvalue weighted by Gasteiger charge is 2.08. The Hall–Kier alpha value is -1.43. The van der Waals surface area contributed by atoms with E-state index >= 15 is 0 Å². The standard InChI is InChI=1S/C12H19ClN6/c1-10(2)6-19-12(14-9-15-19)8-18-7-11(16-17-18)4-3-5-13/h7,9-10H,3-6,8H2,1-2H3. The van der Waals surface area contributed by atoms with Crippen molar-refractivity contribution in [1.29, 1.82) is 0 Å². The van der Waals surface area contributed by atoms with Crippen molar-refractivity contribution < 1.29 is 0 Å². The Kier molecular flexibility index (Phi) is 4.90. The van der Waals surface area contributed by atoms with E-state index < -0.39 is 0 Å². The minimum atomic E-state index is 0.537. The lowest BCUT2D eigenvalue weighted by Crippen LogP contribution is -2.13. The molecule has 0 spiro atoms. The molecule has 2 heterocycles. The molecule has 0 N–H and O–H groups in total. The lowest BCUT2D eigenvalue weighted by molar-refractivity contribution is 0.455. The number of hydrogen-bond acceptors (Lipinski definition) is 4. The van der Waals surface area contributed by atoms with Gasteiger partial charge in [-0.1, -0.05) is 19.1 Å². The maximum atomic E-state index is 5.67. The molecule has 0 aliphatic rings. The van der Waals surface area contributed by atoms with E-state index in [4.69, 9.17) is 11.6 Å². The lowest BCUT2D eigenvalue weighted by atomic mass is 10.2. The fourth-order valence-corrected chi connectivity index (χ4v) is 1.97. The molecular formula is C12H19ClN6. The summed E-state index contributed by atoms with van der Waals surface area (Å²) >= 11 is 5.67. The minimum absolute atomic E-state index is 0.537. The predicted molar refractivity (Wildman–Crippen MR) is 73.0 cm³/mol. The molecule has 6 nitrogen and oxygen atoms in total. The van der Waals surface area contributed by atoms with Crippen LogP contribution in [-0.4, -0.2) is 35.6 Å². The van der Waals surface area contributed by atoms with E-state index in [-0.39, 0.29) is 0 Å². The SMILES string of the molecule is CC(C)Cn1ncnc1Cn1cc(CCCCl)nn1. The third-order valence-corrected chi connectivity index (χ3v) is 2.96. The molecule has 104 valence electrons. The van der Waals surface area contributed by atoms with Crippen molar-refractivity contribution in [1.82, 2.24) is 29.8 Å². The zero-order chi connectivity index (χ0) is 13.7. The van der Waals surface area contributed by atoms with E-state index in [0.29, 0.717) is 18.3 Å². The summed E-state index contributed by atoms with van der Waals surface area (Å²) in [7, 11) is 0. The number of nitrogens with zero attached hydrogens (tertiary/aromatic N) is 6. The van der Waals surface area contributed by atoms with Gasteiger partial charge in [-0.2, -0.15) is 5.10 Å². The zero-order valence-electron chi connectivity index (χ0n) is 11.3. The monoisotopic (exact) mass is 282 g/mol. The van der Waals surface area contributed by atoms with Crippen LogP contribution in [0.2, 0.25) is 0 Å². The molecule has 2 rings (SSSR count). The Bertz CT molecular complexity index is 504. The number of hydrogen-bond donors (Lipinski definition) is 0. The Labute approximate surface area is 117 Å². The summed E-state index contributed by atoms with van der Waals surface area (Å²) in [5.41, 5.74) is 0.968. The van der Waals surface area contributed by atoms with Crippen LogP contribution in [-0.2, 0) is 19.5 Å². The van der Waals surface area contributed by atoms with Gasteiger partial charge in [0, 0.05) is 18.6 Å². The van der Waals surface area contributed by atoms with E-state index in [2.05, 4.69) is 34.2 Å². The van der Waals surface area contributed by atoms with Crippen molar-refractivity contribution in [3.63, 3.8) is 0 Å². The average molecular weight is 283 g/mol. The summed E-state index contributed by atoms with van der Waals surface area (Å²) in [6.45, 7) is 5.78. The second kappa shape index (κ2) is 6.65. The average Bonchev–Trinajstić information content (AvgIpc) is 2.97. The molecule has 0 radical (unpaired) electrons. The van der Waals surface area contributed by atoms with Gasteiger partial charge in [-0.15, -0.1) is 16.7 Å². The van der Waals surface area contributed by atoms with E-state index in [0.717, 1.165) is 30.9 Å². The van der Waals surface area contributed by atoms with Gasteiger partial charge >= 0.3 is 0 Å². The van der Waals surface area contributed by atoms with Crippen molar-refractivity contribution in [3.8, 4) is 0 Å². The third-order valence-electron chi connectivity index (χ3n) is 2.69. The van der Waals surface area contributed by atoms with Crippen LogP contribution in [0.3, 0.4) is 0 Å². The number of aryl methyl sites for hydroxylation is 1. The normalized spacial score (nSPS) is 11.4. The van der Waals surface area contributed by atoms with Crippen LogP contribution < -0.4 is 0 Å². The Morgan fingerprint density at radius 1 is 1.37 bits per heavy atom. The highest BCUT2D eigenvalue weighted by Crippen LogP contribution is 2.04. The summed E-state index contributed by atoms with van der Waals surface area (Å²) in [6, 6.07) is 0. The molecule has 0 bridgehead atoms. The quantitative estimate of drug-likeness (QED) is 0.726. The van der Waals surface area contributed by atoms with Gasteiger partial charge in [-0.3, -0.25) is 0 Å². The van der Waals surface area contributed by atoms with Gasteiger partial charge in [0.05, 0.1) is 5.69 Å². The lowest BCUT2D eigenvalue weighted by Gasteiger charge is -2.07. The van der Waals surface area contributed by atoms with Crippen molar-refractivity contribution in [3.05, 3.63) is 24.0 Å². The van der Waals surface area contributed by atoms with Crippen LogP contribution in [0.15, 0.2) is 12.5 Å². The maximum Gasteiger partial charge on any atom is 0.148 e. The highest BCUT2D eigenvalue weighted by atomic mass is 35.5. The van der Waals surface area contributed by atoms with E-state index in [1.807, 2.05) is 10.9 Å². The number of rotatable bonds is 7. The molecule has 0 unspecified atom stereocenters. The highest BCUT2D eigenvalue weighted by molar-refractivity contribution is 6.17. The third kappa shape index (κ3) is 4.02. The molecule has 7 heteroatoms. The van der Waals surface area contributed by atoms with Gasteiger partial charge in [0.25, 0.3) is 0 Å². The van der Waals surface area contributed by atoms with Gasteiger partial charge in [-0.25, -0.2) is 14.3 Å². The van der Waals surface area contributed by atoms with Gasteiger partial charge in [-0.05, 0) is 18.8 Å². The molecule has 2 aromatic heterocycles. The van der Waals surface area contributed by atoms with Crippen molar-refractivity contribution in [2.75, 3.05) is 5.88 Å². The van der Waals surface area contributed by atoms with Crippen LogP contribution in [0.1, 0.15) is 31.8 Å². The number of halogens is 1. The first-order valence-electron chi connectivity index (χ1n) is 6.50. The van der Waals surface area contributed by atoms with Crippen LogP contribution in [0, 0.1) is 5.92 Å². The Balaban J connectivity index is 2.00. The van der Waals surface area contributed by atoms with Crippen LogP contribution in [0.4, 0.5) is 0 Å². The Morgan fingerprint density at radius 3 is 2.95 bits per heavy atom. The largest absolute Gasteiger partial charge is 0.248 e. The molecule has 0 aliphatic heterocycles. The molecule has 2 aromatic rings. The topological polar surface area (TPSA) is 61.4 Å². The maximum absolute atomic E-state index is 5.67. The first kappa shape index (κ1) is 14.0. The molecule has 0 fully saturated rings. The molecule has 0 amide bonds. The molecule has 0 saturated carbocycles. The van der Waals surface area contributed by atoms with Gasteiger partial charge in [0.15, 0.2) is 0 Å². The molecular weight excluding hydrogens is 264 g/mol. The number of aromatic nitrogens is 6. The van der Waals surface area contributed by atoms with Crippen molar-refractivity contribution >= 4 is 11.6 Å². The summed E-state index contributed by atoms with van der Waals surface area (Å²) in [6.07, 6.45) is 5.32. The fourth-order valence-electron chi connectivity index (χ4n) is 1.83. The van der Waals surface area contributed by atoms with Crippen LogP contribution in [0.5, 0.6) is 0 Å². The minimum Gasteiger partial charge on any atom is -0.248 e. The number of alkyl halides is 1. The smallest absolute Gasteiger partial charge is 0.148 e. The van der Waals surface area contributed by atoms with Crippen molar-refractivity contribution in [2.24, 2.45) is 5.92 Å². The summed E-state index contributed by atoms with van der Waals surface area (Å²) < 4.78 is 3.72. The van der Waals surface area contributed by atoms with E-state index in [1.54, 1.807) is 11.0 Å². The van der Waals surface area contributed by atoms with E-state index in [1.165, 1.54) is 0 Å². The molecule has 19 heavy (non-hydrogen) atoms. The predicted octanol–water partition coefficient (Wildman–Crippen LogP) is 1.75. The first-order valence-corrected chi connectivity index (χ1v) is 7.04. The molecule has 0 aliphatic carbocycles. The fraction of sp³-hybridized carbons (Fsp3) is 0.667. The van der Waals surface area contributed by atoms with Gasteiger partial charge in [0.1, 0.15) is 18.7 Å². The Morgan fingerprint density at radius 2 is 2.21 bits per heavy atom. The second-order valence-electron chi connectivity index (χ2n) is 4.95. The first-order chi connectivity index (χ1) is 9.19. The second-order valence-corrected chi connectivity index (χ2v) is 5.33. The molecule has 0 aromatic carbocycles.